The van der Waals surface area contributed by atoms with Crippen molar-refractivity contribution < 1.29 is 4.79 Å². The molecule has 0 N–H and O–H groups in total. The van der Waals surface area contributed by atoms with E-state index in [1.165, 1.54) is 0 Å². The summed E-state index contributed by atoms with van der Waals surface area (Å²) in [6, 6.07) is 3.53. The van der Waals surface area contributed by atoms with Gasteiger partial charge >= 0.3 is 0 Å². The molecule has 0 aromatic carbocycles. The molecule has 1 fully saturated rings. The van der Waals surface area contributed by atoms with Crippen LogP contribution in [0, 0.1) is 0 Å². The Labute approximate surface area is 123 Å². The van der Waals surface area contributed by atoms with Gasteiger partial charge in [-0.05, 0) is 25.0 Å². The Morgan fingerprint density at radius 2 is 2.32 bits per heavy atom. The highest BCUT2D eigenvalue weighted by molar-refractivity contribution is 8.00. The predicted octanol–water partition coefficient (Wildman–Crippen LogP) is 3.27. The van der Waals surface area contributed by atoms with Crippen molar-refractivity contribution in [1.82, 2.24) is 9.88 Å². The van der Waals surface area contributed by atoms with Crippen LogP contribution in [0.4, 0.5) is 0 Å². The monoisotopic (exact) mass is 298 g/mol. The van der Waals surface area contributed by atoms with Gasteiger partial charge in [-0.3, -0.25) is 4.79 Å². The van der Waals surface area contributed by atoms with E-state index in [-0.39, 0.29) is 5.91 Å². The molecule has 0 aliphatic carbocycles. The molecule has 2 rings (SSSR count). The van der Waals surface area contributed by atoms with Gasteiger partial charge in [-0.2, -0.15) is 11.8 Å². The lowest BCUT2D eigenvalue weighted by atomic mass is 10.1. The molecule has 3 nitrogen and oxygen atoms in total. The summed E-state index contributed by atoms with van der Waals surface area (Å²) >= 11 is 7.94. The van der Waals surface area contributed by atoms with Gasteiger partial charge in [0.15, 0.2) is 0 Å². The summed E-state index contributed by atoms with van der Waals surface area (Å²) in [7, 11) is 0. The van der Waals surface area contributed by atoms with Crippen LogP contribution in [0.2, 0.25) is 5.15 Å². The van der Waals surface area contributed by atoms with Crippen LogP contribution in [0.3, 0.4) is 0 Å². The molecule has 19 heavy (non-hydrogen) atoms. The SMILES string of the molecule is CCc1cc(C(=O)N2CCSC(CC)C2)cc(Cl)n1. The van der Waals surface area contributed by atoms with Crippen LogP contribution in [-0.4, -0.2) is 39.9 Å². The summed E-state index contributed by atoms with van der Waals surface area (Å²) in [4.78, 5) is 18.7. The second-order valence-corrected chi connectivity index (χ2v) is 6.47. The summed E-state index contributed by atoms with van der Waals surface area (Å²) in [5, 5.41) is 0.960. The average molecular weight is 299 g/mol. The second kappa shape index (κ2) is 6.62. The van der Waals surface area contributed by atoms with Crippen LogP contribution in [0.1, 0.15) is 36.3 Å². The third kappa shape index (κ3) is 3.63. The van der Waals surface area contributed by atoms with Crippen molar-refractivity contribution in [2.45, 2.75) is 31.9 Å². The molecule has 1 amide bonds. The zero-order valence-electron chi connectivity index (χ0n) is 11.4. The first-order chi connectivity index (χ1) is 9.13. The van der Waals surface area contributed by atoms with Gasteiger partial charge in [-0.15, -0.1) is 0 Å². The van der Waals surface area contributed by atoms with Crippen molar-refractivity contribution in [1.29, 1.82) is 0 Å². The summed E-state index contributed by atoms with van der Waals surface area (Å²) in [6.45, 7) is 5.84. The fourth-order valence-electron chi connectivity index (χ4n) is 2.19. The van der Waals surface area contributed by atoms with Crippen LogP contribution in [0.15, 0.2) is 12.1 Å². The van der Waals surface area contributed by atoms with E-state index in [2.05, 4.69) is 11.9 Å². The van der Waals surface area contributed by atoms with Gasteiger partial charge in [0.25, 0.3) is 5.91 Å². The minimum Gasteiger partial charge on any atom is -0.337 e. The first-order valence-corrected chi connectivity index (χ1v) is 8.14. The molecule has 0 radical (unpaired) electrons. The molecule has 104 valence electrons. The highest BCUT2D eigenvalue weighted by Gasteiger charge is 2.24. The first-order valence-electron chi connectivity index (χ1n) is 6.71. The van der Waals surface area contributed by atoms with E-state index < -0.39 is 0 Å². The first kappa shape index (κ1) is 14.7. The lowest BCUT2D eigenvalue weighted by Crippen LogP contribution is -2.41. The number of amides is 1. The topological polar surface area (TPSA) is 33.2 Å². The van der Waals surface area contributed by atoms with Gasteiger partial charge in [-0.25, -0.2) is 4.98 Å². The van der Waals surface area contributed by atoms with E-state index in [4.69, 9.17) is 11.6 Å². The maximum absolute atomic E-state index is 12.5. The van der Waals surface area contributed by atoms with Crippen LogP contribution < -0.4 is 0 Å². The maximum Gasteiger partial charge on any atom is 0.254 e. The summed E-state index contributed by atoms with van der Waals surface area (Å²) in [5.41, 5.74) is 1.54. The number of carbonyl (C=O) groups is 1. The van der Waals surface area contributed by atoms with Crippen LogP contribution in [-0.2, 0) is 6.42 Å². The molecule has 0 bridgehead atoms. The number of rotatable bonds is 3. The van der Waals surface area contributed by atoms with Gasteiger partial charge in [0.1, 0.15) is 5.15 Å². The molecule has 1 aliphatic rings. The number of thioether (sulfide) groups is 1. The Bertz CT molecular complexity index is 467. The third-order valence-corrected chi connectivity index (χ3v) is 4.90. The van der Waals surface area contributed by atoms with Gasteiger partial charge in [0.05, 0.1) is 0 Å². The molecule has 1 unspecified atom stereocenters. The highest BCUT2D eigenvalue weighted by atomic mass is 35.5. The zero-order valence-corrected chi connectivity index (χ0v) is 12.9. The fourth-order valence-corrected chi connectivity index (χ4v) is 3.60. The fraction of sp³-hybridized carbons (Fsp3) is 0.571. The molecule has 0 spiro atoms. The molecule has 0 saturated carbocycles. The highest BCUT2D eigenvalue weighted by Crippen LogP contribution is 2.23. The standard InChI is InChI=1S/C14H19ClN2OS/c1-3-11-7-10(8-13(15)16-11)14(18)17-5-6-19-12(4-2)9-17/h7-8,12H,3-6,9H2,1-2H3. The molecule has 1 aromatic rings. The molecule has 2 heterocycles. The number of hydrogen-bond donors (Lipinski definition) is 0. The van der Waals surface area contributed by atoms with Gasteiger partial charge in [0, 0.05) is 35.3 Å². The van der Waals surface area contributed by atoms with E-state index in [0.717, 1.165) is 37.4 Å². The van der Waals surface area contributed by atoms with Crippen LogP contribution in [0.5, 0.6) is 0 Å². The minimum atomic E-state index is 0.0813. The minimum absolute atomic E-state index is 0.0813. The van der Waals surface area contributed by atoms with Crippen molar-refractivity contribution in [2.75, 3.05) is 18.8 Å². The third-order valence-electron chi connectivity index (χ3n) is 3.34. The van der Waals surface area contributed by atoms with Crippen molar-refractivity contribution in [2.24, 2.45) is 0 Å². The van der Waals surface area contributed by atoms with Crippen molar-refractivity contribution in [3.8, 4) is 0 Å². The number of aryl methyl sites for hydroxylation is 1. The normalized spacial score (nSPS) is 19.5. The average Bonchev–Trinajstić information content (AvgIpc) is 2.45. The van der Waals surface area contributed by atoms with Gasteiger partial charge in [0.2, 0.25) is 0 Å². The number of aromatic nitrogens is 1. The molecule has 5 heteroatoms. The van der Waals surface area contributed by atoms with Gasteiger partial charge in [-0.1, -0.05) is 25.4 Å². The number of carbonyl (C=O) groups excluding carboxylic acids is 1. The van der Waals surface area contributed by atoms with Crippen molar-refractivity contribution in [3.63, 3.8) is 0 Å². The number of hydrogen-bond acceptors (Lipinski definition) is 3. The Hall–Kier alpha value is -0.740. The molecular weight excluding hydrogens is 280 g/mol. The van der Waals surface area contributed by atoms with E-state index >= 15 is 0 Å². The Morgan fingerprint density at radius 1 is 1.53 bits per heavy atom. The Balaban J connectivity index is 2.16. The predicted molar refractivity (Wildman–Crippen MR) is 81.1 cm³/mol. The number of nitrogens with zero attached hydrogens (tertiary/aromatic N) is 2. The summed E-state index contributed by atoms with van der Waals surface area (Å²) in [5.74, 6) is 1.10. The number of halogens is 1. The van der Waals surface area contributed by atoms with E-state index in [1.54, 1.807) is 6.07 Å². The van der Waals surface area contributed by atoms with E-state index in [0.29, 0.717) is 16.0 Å². The number of pyridine rings is 1. The van der Waals surface area contributed by atoms with Crippen LogP contribution >= 0.6 is 23.4 Å². The summed E-state index contributed by atoms with van der Waals surface area (Å²) in [6.07, 6.45) is 1.89. The van der Waals surface area contributed by atoms with Gasteiger partial charge < -0.3 is 4.90 Å². The largest absolute Gasteiger partial charge is 0.337 e. The molecule has 1 saturated heterocycles. The molecular formula is C14H19ClN2OS. The maximum atomic E-state index is 12.5. The lowest BCUT2D eigenvalue weighted by molar-refractivity contribution is 0.0760. The molecule has 1 aromatic heterocycles. The zero-order chi connectivity index (χ0) is 13.8. The molecule has 1 aliphatic heterocycles. The lowest BCUT2D eigenvalue weighted by Gasteiger charge is -2.32. The second-order valence-electron chi connectivity index (χ2n) is 4.68. The van der Waals surface area contributed by atoms with E-state index in [1.807, 2.05) is 29.7 Å². The van der Waals surface area contributed by atoms with Crippen molar-refractivity contribution in [3.05, 3.63) is 28.5 Å². The Kier molecular flexibility index (Phi) is 5.11. The smallest absolute Gasteiger partial charge is 0.254 e. The van der Waals surface area contributed by atoms with E-state index in [9.17, 15) is 4.79 Å². The molecule has 1 atom stereocenters. The quantitative estimate of drug-likeness (QED) is 0.803. The van der Waals surface area contributed by atoms with Crippen molar-refractivity contribution >= 4 is 29.3 Å². The summed E-state index contributed by atoms with van der Waals surface area (Å²) < 4.78 is 0. The Morgan fingerprint density at radius 3 is 3.00 bits per heavy atom. The van der Waals surface area contributed by atoms with Crippen LogP contribution in [0.25, 0.3) is 0 Å².